The van der Waals surface area contributed by atoms with Gasteiger partial charge in [0.1, 0.15) is 5.75 Å². The van der Waals surface area contributed by atoms with Crippen molar-refractivity contribution in [3.8, 4) is 5.75 Å². The molecule has 0 unspecified atom stereocenters. The Morgan fingerprint density at radius 2 is 1.85 bits per heavy atom. The number of carbonyl (C=O) groups is 1. The summed E-state index contributed by atoms with van der Waals surface area (Å²) in [6, 6.07) is 7.64. The molecule has 2 rings (SSSR count). The van der Waals surface area contributed by atoms with E-state index in [-0.39, 0.29) is 12.3 Å². The van der Waals surface area contributed by atoms with Gasteiger partial charge in [-0.05, 0) is 29.8 Å². The van der Waals surface area contributed by atoms with E-state index in [0.717, 1.165) is 6.07 Å². The second-order valence-corrected chi connectivity index (χ2v) is 4.08. The normalized spacial score (nSPS) is 10.3. The zero-order valence-corrected chi connectivity index (χ0v) is 10.2. The fourth-order valence-corrected chi connectivity index (χ4v) is 1.65. The summed E-state index contributed by atoms with van der Waals surface area (Å²) in [6.07, 6.45) is 0. The van der Waals surface area contributed by atoms with Gasteiger partial charge in [0, 0.05) is 6.54 Å². The molecule has 0 aromatic heterocycles. The molecule has 6 heteroatoms. The van der Waals surface area contributed by atoms with Crippen LogP contribution in [0.15, 0.2) is 36.4 Å². The molecule has 0 fully saturated rings. The number of hydrogen-bond donors (Lipinski definition) is 2. The van der Waals surface area contributed by atoms with E-state index in [0.29, 0.717) is 11.6 Å². The van der Waals surface area contributed by atoms with E-state index < -0.39 is 28.9 Å². The van der Waals surface area contributed by atoms with Crippen LogP contribution in [0.2, 0.25) is 0 Å². The second-order valence-electron chi connectivity index (χ2n) is 4.08. The van der Waals surface area contributed by atoms with E-state index in [9.17, 15) is 23.1 Å². The van der Waals surface area contributed by atoms with Crippen molar-refractivity contribution in [1.82, 2.24) is 5.32 Å². The van der Waals surface area contributed by atoms with Gasteiger partial charge in [-0.2, -0.15) is 0 Å². The van der Waals surface area contributed by atoms with Crippen molar-refractivity contribution in [2.24, 2.45) is 0 Å². The van der Waals surface area contributed by atoms with Gasteiger partial charge in [-0.1, -0.05) is 12.1 Å². The molecule has 0 aliphatic heterocycles. The fraction of sp³-hybridized carbons (Fsp3) is 0.0714. The molecule has 0 radical (unpaired) electrons. The summed E-state index contributed by atoms with van der Waals surface area (Å²) in [4.78, 5) is 11.7. The predicted octanol–water partition coefficient (Wildman–Crippen LogP) is 2.74. The van der Waals surface area contributed by atoms with Crippen LogP contribution >= 0.6 is 0 Å². The minimum atomic E-state index is -1.69. The molecule has 0 atom stereocenters. The van der Waals surface area contributed by atoms with E-state index in [2.05, 4.69) is 5.32 Å². The standard InChI is InChI=1S/C14H10F3NO2/c15-11-5-4-10(12(16)13(11)17)14(20)18-7-8-2-1-3-9(19)6-8/h1-6,19H,7H2,(H,18,20). The minimum Gasteiger partial charge on any atom is -0.508 e. The molecule has 1 amide bonds. The molecule has 0 saturated carbocycles. The third-order valence-electron chi connectivity index (χ3n) is 2.64. The van der Waals surface area contributed by atoms with Gasteiger partial charge >= 0.3 is 0 Å². The maximum Gasteiger partial charge on any atom is 0.254 e. The smallest absolute Gasteiger partial charge is 0.254 e. The Balaban J connectivity index is 2.11. The van der Waals surface area contributed by atoms with Gasteiger partial charge in [0.2, 0.25) is 0 Å². The molecule has 0 saturated heterocycles. The van der Waals surface area contributed by atoms with E-state index in [4.69, 9.17) is 0 Å². The number of benzene rings is 2. The highest BCUT2D eigenvalue weighted by atomic mass is 19.2. The number of halogens is 3. The molecule has 0 spiro atoms. The van der Waals surface area contributed by atoms with E-state index in [1.54, 1.807) is 12.1 Å². The van der Waals surface area contributed by atoms with Gasteiger partial charge in [0.15, 0.2) is 17.5 Å². The van der Waals surface area contributed by atoms with Crippen molar-refractivity contribution in [3.63, 3.8) is 0 Å². The van der Waals surface area contributed by atoms with Gasteiger partial charge in [-0.25, -0.2) is 13.2 Å². The van der Waals surface area contributed by atoms with Crippen molar-refractivity contribution in [3.05, 3.63) is 65.0 Å². The number of phenolic OH excluding ortho intramolecular Hbond substituents is 1. The van der Waals surface area contributed by atoms with Crippen LogP contribution in [0.25, 0.3) is 0 Å². The van der Waals surface area contributed by atoms with Crippen LogP contribution in [0.3, 0.4) is 0 Å². The van der Waals surface area contributed by atoms with Crippen LogP contribution in [0.4, 0.5) is 13.2 Å². The highest BCUT2D eigenvalue weighted by Crippen LogP contribution is 2.15. The lowest BCUT2D eigenvalue weighted by atomic mass is 10.1. The van der Waals surface area contributed by atoms with Crippen molar-refractivity contribution in [2.45, 2.75) is 6.54 Å². The Kier molecular flexibility index (Phi) is 3.93. The van der Waals surface area contributed by atoms with Crippen molar-refractivity contribution >= 4 is 5.91 Å². The maximum atomic E-state index is 13.4. The zero-order valence-electron chi connectivity index (χ0n) is 10.2. The summed E-state index contributed by atoms with van der Waals surface area (Å²) in [5.74, 6) is -5.42. The average molecular weight is 281 g/mol. The molecule has 20 heavy (non-hydrogen) atoms. The van der Waals surface area contributed by atoms with Crippen LogP contribution in [-0.2, 0) is 6.54 Å². The first-order valence-corrected chi connectivity index (χ1v) is 5.68. The van der Waals surface area contributed by atoms with Crippen LogP contribution in [0.5, 0.6) is 5.75 Å². The monoisotopic (exact) mass is 281 g/mol. The first kappa shape index (κ1) is 13.9. The molecule has 2 aromatic rings. The second kappa shape index (κ2) is 5.64. The van der Waals surface area contributed by atoms with Crippen LogP contribution in [0, 0.1) is 17.5 Å². The van der Waals surface area contributed by atoms with Crippen LogP contribution in [-0.4, -0.2) is 11.0 Å². The SMILES string of the molecule is O=C(NCc1cccc(O)c1)c1ccc(F)c(F)c1F. The molecule has 2 N–H and O–H groups in total. The molecular formula is C14H10F3NO2. The third-order valence-corrected chi connectivity index (χ3v) is 2.64. The average Bonchev–Trinajstić information content (AvgIpc) is 2.42. The predicted molar refractivity (Wildman–Crippen MR) is 65.6 cm³/mol. The maximum absolute atomic E-state index is 13.4. The van der Waals surface area contributed by atoms with Crippen LogP contribution in [0.1, 0.15) is 15.9 Å². The molecule has 0 heterocycles. The molecule has 0 aliphatic rings. The lowest BCUT2D eigenvalue weighted by Gasteiger charge is -2.07. The number of rotatable bonds is 3. The summed E-state index contributed by atoms with van der Waals surface area (Å²) in [7, 11) is 0. The van der Waals surface area contributed by atoms with Crippen molar-refractivity contribution in [1.29, 1.82) is 0 Å². The minimum absolute atomic E-state index is 0.0195. The van der Waals surface area contributed by atoms with Crippen molar-refractivity contribution in [2.75, 3.05) is 0 Å². The largest absolute Gasteiger partial charge is 0.508 e. The third kappa shape index (κ3) is 2.90. The van der Waals surface area contributed by atoms with Gasteiger partial charge in [0.05, 0.1) is 5.56 Å². The number of hydrogen-bond acceptors (Lipinski definition) is 2. The fourth-order valence-electron chi connectivity index (χ4n) is 1.65. The lowest BCUT2D eigenvalue weighted by Crippen LogP contribution is -2.24. The molecule has 3 nitrogen and oxygen atoms in total. The first-order chi connectivity index (χ1) is 9.49. The highest BCUT2D eigenvalue weighted by Gasteiger charge is 2.18. The number of phenols is 1. The Morgan fingerprint density at radius 1 is 1.10 bits per heavy atom. The molecule has 0 aliphatic carbocycles. The van der Waals surface area contributed by atoms with Crippen LogP contribution < -0.4 is 5.32 Å². The Morgan fingerprint density at radius 3 is 2.55 bits per heavy atom. The Bertz CT molecular complexity index is 659. The van der Waals surface area contributed by atoms with E-state index >= 15 is 0 Å². The zero-order chi connectivity index (χ0) is 14.7. The Hall–Kier alpha value is -2.50. The summed E-state index contributed by atoms with van der Waals surface area (Å²) >= 11 is 0. The first-order valence-electron chi connectivity index (χ1n) is 5.68. The number of aromatic hydroxyl groups is 1. The summed E-state index contributed by atoms with van der Waals surface area (Å²) in [5.41, 5.74) is 0.00500. The van der Waals surface area contributed by atoms with Gasteiger partial charge in [0.25, 0.3) is 5.91 Å². The number of nitrogens with one attached hydrogen (secondary N) is 1. The van der Waals surface area contributed by atoms with Gasteiger partial charge in [-0.3, -0.25) is 4.79 Å². The molecule has 2 aromatic carbocycles. The number of carbonyl (C=O) groups excluding carboxylic acids is 1. The Labute approximate surface area is 112 Å². The topological polar surface area (TPSA) is 49.3 Å². The summed E-state index contributed by atoms with van der Waals surface area (Å²) < 4.78 is 39.1. The molecular weight excluding hydrogens is 271 g/mol. The van der Waals surface area contributed by atoms with E-state index in [1.807, 2.05) is 0 Å². The number of amides is 1. The quantitative estimate of drug-likeness (QED) is 0.850. The van der Waals surface area contributed by atoms with E-state index in [1.165, 1.54) is 12.1 Å². The van der Waals surface area contributed by atoms with Gasteiger partial charge in [-0.15, -0.1) is 0 Å². The van der Waals surface area contributed by atoms with Gasteiger partial charge < -0.3 is 10.4 Å². The lowest BCUT2D eigenvalue weighted by molar-refractivity contribution is 0.0945. The molecule has 0 bridgehead atoms. The summed E-state index contributed by atoms with van der Waals surface area (Å²) in [6.45, 7) is 0.0195. The van der Waals surface area contributed by atoms with Crippen molar-refractivity contribution < 1.29 is 23.1 Å². The summed E-state index contributed by atoms with van der Waals surface area (Å²) in [5, 5.41) is 11.6. The highest BCUT2D eigenvalue weighted by molar-refractivity contribution is 5.94. The molecule has 104 valence electrons.